The largest absolute Gasteiger partial charge is 0.392 e. The summed E-state index contributed by atoms with van der Waals surface area (Å²) in [5, 5.41) is 14.4. The zero-order valence-corrected chi connectivity index (χ0v) is 10.8. The molecule has 1 fully saturated rings. The van der Waals surface area contributed by atoms with Crippen LogP contribution < -0.4 is 10.6 Å². The predicted octanol–water partition coefficient (Wildman–Crippen LogP) is -1.09. The SMILES string of the molecule is CC(O)CNC(=O)NCCN1CCN(C)CC1. The maximum absolute atomic E-state index is 11.3. The van der Waals surface area contributed by atoms with Gasteiger partial charge in [0, 0.05) is 45.8 Å². The lowest BCUT2D eigenvalue weighted by molar-refractivity contribution is 0.154. The molecular formula is C11H24N4O2. The summed E-state index contributed by atoms with van der Waals surface area (Å²) in [6.07, 6.45) is -0.501. The van der Waals surface area contributed by atoms with Crippen LogP contribution in [0.5, 0.6) is 0 Å². The summed E-state index contributed by atoms with van der Waals surface area (Å²) >= 11 is 0. The van der Waals surface area contributed by atoms with Crippen LogP contribution in [0.2, 0.25) is 0 Å². The van der Waals surface area contributed by atoms with Gasteiger partial charge in [0.2, 0.25) is 0 Å². The standard InChI is InChI=1S/C11H24N4O2/c1-10(16)9-13-11(17)12-3-4-15-7-5-14(2)6-8-15/h10,16H,3-9H2,1-2H3,(H2,12,13,17). The highest BCUT2D eigenvalue weighted by Gasteiger charge is 2.13. The number of nitrogens with zero attached hydrogens (tertiary/aromatic N) is 2. The molecule has 0 aromatic rings. The second-order valence-corrected chi connectivity index (χ2v) is 4.63. The van der Waals surface area contributed by atoms with Gasteiger partial charge in [-0.15, -0.1) is 0 Å². The second kappa shape index (κ2) is 7.47. The molecule has 2 amide bonds. The molecule has 0 aromatic carbocycles. The van der Waals surface area contributed by atoms with E-state index < -0.39 is 6.10 Å². The Balaban J connectivity index is 2.01. The van der Waals surface area contributed by atoms with Gasteiger partial charge in [0.05, 0.1) is 6.10 Å². The van der Waals surface area contributed by atoms with Crippen LogP contribution in [0.25, 0.3) is 0 Å². The first-order chi connectivity index (χ1) is 8.08. The van der Waals surface area contributed by atoms with Crippen molar-refractivity contribution < 1.29 is 9.90 Å². The van der Waals surface area contributed by atoms with Crippen molar-refractivity contribution in [1.82, 2.24) is 20.4 Å². The van der Waals surface area contributed by atoms with Crippen LogP contribution in [0.15, 0.2) is 0 Å². The molecule has 0 spiro atoms. The summed E-state index contributed by atoms with van der Waals surface area (Å²) in [5.41, 5.74) is 0. The third-order valence-corrected chi connectivity index (χ3v) is 2.87. The van der Waals surface area contributed by atoms with E-state index in [4.69, 9.17) is 5.11 Å². The van der Waals surface area contributed by atoms with E-state index in [9.17, 15) is 4.79 Å². The van der Waals surface area contributed by atoms with Gasteiger partial charge in [-0.1, -0.05) is 0 Å². The summed E-state index contributed by atoms with van der Waals surface area (Å²) in [6, 6.07) is -0.208. The van der Waals surface area contributed by atoms with Crippen molar-refractivity contribution in [3.63, 3.8) is 0 Å². The third-order valence-electron chi connectivity index (χ3n) is 2.87. The quantitative estimate of drug-likeness (QED) is 0.575. The zero-order chi connectivity index (χ0) is 12.7. The molecule has 1 aliphatic rings. The fourth-order valence-corrected chi connectivity index (χ4v) is 1.70. The second-order valence-electron chi connectivity index (χ2n) is 4.63. The van der Waals surface area contributed by atoms with Gasteiger partial charge < -0.3 is 20.6 Å². The smallest absolute Gasteiger partial charge is 0.314 e. The highest BCUT2D eigenvalue weighted by molar-refractivity contribution is 5.73. The summed E-state index contributed by atoms with van der Waals surface area (Å²) in [5.74, 6) is 0. The highest BCUT2D eigenvalue weighted by Crippen LogP contribution is 1.97. The zero-order valence-electron chi connectivity index (χ0n) is 10.8. The number of likely N-dealkylation sites (N-methyl/N-ethyl adjacent to an activating group) is 1. The summed E-state index contributed by atoms with van der Waals surface area (Å²) in [7, 11) is 2.12. The number of carbonyl (C=O) groups excluding carboxylic acids is 1. The molecule has 1 unspecified atom stereocenters. The number of nitrogens with one attached hydrogen (secondary N) is 2. The maximum atomic E-state index is 11.3. The Hall–Kier alpha value is -0.850. The molecule has 3 N–H and O–H groups in total. The van der Waals surface area contributed by atoms with Crippen LogP contribution in [-0.4, -0.2) is 79.9 Å². The van der Waals surface area contributed by atoms with E-state index in [1.54, 1.807) is 6.92 Å². The van der Waals surface area contributed by atoms with Gasteiger partial charge in [-0.25, -0.2) is 4.79 Å². The van der Waals surface area contributed by atoms with Crippen molar-refractivity contribution in [3.05, 3.63) is 0 Å². The van der Waals surface area contributed by atoms with E-state index in [1.807, 2.05) is 0 Å². The average Bonchev–Trinajstić information content (AvgIpc) is 2.29. The average molecular weight is 244 g/mol. The normalized spacial score (nSPS) is 19.9. The number of piperazine rings is 1. The van der Waals surface area contributed by atoms with Crippen LogP contribution in [-0.2, 0) is 0 Å². The minimum atomic E-state index is -0.501. The fraction of sp³-hybridized carbons (Fsp3) is 0.909. The molecule has 0 aliphatic carbocycles. The number of urea groups is 1. The number of rotatable bonds is 5. The molecule has 1 rings (SSSR count). The Morgan fingerprint density at radius 3 is 2.53 bits per heavy atom. The van der Waals surface area contributed by atoms with E-state index in [0.717, 1.165) is 32.7 Å². The van der Waals surface area contributed by atoms with E-state index in [2.05, 4.69) is 27.5 Å². The summed E-state index contributed by atoms with van der Waals surface area (Å²) in [6.45, 7) is 7.78. The van der Waals surface area contributed by atoms with Crippen LogP contribution >= 0.6 is 0 Å². The molecule has 1 heterocycles. The molecule has 0 aromatic heterocycles. The number of amides is 2. The van der Waals surface area contributed by atoms with Crippen LogP contribution in [0.3, 0.4) is 0 Å². The molecule has 0 bridgehead atoms. The van der Waals surface area contributed by atoms with Crippen molar-refractivity contribution in [3.8, 4) is 0 Å². The Labute approximate surface area is 103 Å². The Bertz CT molecular complexity index is 228. The minimum Gasteiger partial charge on any atom is -0.392 e. The summed E-state index contributed by atoms with van der Waals surface area (Å²) in [4.78, 5) is 15.9. The maximum Gasteiger partial charge on any atom is 0.314 e. The lowest BCUT2D eigenvalue weighted by atomic mass is 10.3. The number of hydrogen-bond donors (Lipinski definition) is 3. The van der Waals surface area contributed by atoms with Crippen LogP contribution in [0, 0.1) is 0 Å². The van der Waals surface area contributed by atoms with E-state index in [0.29, 0.717) is 13.1 Å². The topological polar surface area (TPSA) is 67.8 Å². The Morgan fingerprint density at radius 1 is 1.29 bits per heavy atom. The fourth-order valence-electron chi connectivity index (χ4n) is 1.70. The van der Waals surface area contributed by atoms with Gasteiger partial charge in [0.1, 0.15) is 0 Å². The van der Waals surface area contributed by atoms with Crippen molar-refractivity contribution in [2.75, 3.05) is 52.9 Å². The molecule has 1 aliphatic heterocycles. The first-order valence-electron chi connectivity index (χ1n) is 6.18. The lowest BCUT2D eigenvalue weighted by Crippen LogP contribution is -2.48. The molecule has 6 nitrogen and oxygen atoms in total. The molecular weight excluding hydrogens is 220 g/mol. The van der Waals surface area contributed by atoms with Crippen molar-refractivity contribution in [2.45, 2.75) is 13.0 Å². The number of aliphatic hydroxyl groups excluding tert-OH is 1. The predicted molar refractivity (Wildman–Crippen MR) is 67.0 cm³/mol. The van der Waals surface area contributed by atoms with Gasteiger partial charge in [-0.3, -0.25) is 4.90 Å². The molecule has 100 valence electrons. The molecule has 1 saturated heterocycles. The van der Waals surface area contributed by atoms with Crippen molar-refractivity contribution >= 4 is 6.03 Å². The molecule has 17 heavy (non-hydrogen) atoms. The van der Waals surface area contributed by atoms with E-state index in [-0.39, 0.29) is 6.03 Å². The first kappa shape index (κ1) is 14.2. The first-order valence-corrected chi connectivity index (χ1v) is 6.18. The van der Waals surface area contributed by atoms with Gasteiger partial charge in [0.15, 0.2) is 0 Å². The Kier molecular flexibility index (Phi) is 6.25. The Morgan fingerprint density at radius 2 is 1.94 bits per heavy atom. The lowest BCUT2D eigenvalue weighted by Gasteiger charge is -2.32. The number of aliphatic hydroxyl groups is 1. The highest BCUT2D eigenvalue weighted by atomic mass is 16.3. The number of hydrogen-bond acceptors (Lipinski definition) is 4. The minimum absolute atomic E-state index is 0.208. The third kappa shape index (κ3) is 6.45. The molecule has 1 atom stereocenters. The molecule has 6 heteroatoms. The van der Waals surface area contributed by atoms with Crippen LogP contribution in [0.1, 0.15) is 6.92 Å². The van der Waals surface area contributed by atoms with E-state index in [1.165, 1.54) is 0 Å². The van der Waals surface area contributed by atoms with Gasteiger partial charge in [0.25, 0.3) is 0 Å². The van der Waals surface area contributed by atoms with Gasteiger partial charge in [-0.05, 0) is 14.0 Å². The monoisotopic (exact) mass is 244 g/mol. The van der Waals surface area contributed by atoms with Gasteiger partial charge >= 0.3 is 6.03 Å². The molecule has 0 saturated carbocycles. The van der Waals surface area contributed by atoms with Crippen LogP contribution in [0.4, 0.5) is 4.79 Å². The van der Waals surface area contributed by atoms with Crippen molar-refractivity contribution in [1.29, 1.82) is 0 Å². The van der Waals surface area contributed by atoms with Gasteiger partial charge in [-0.2, -0.15) is 0 Å². The van der Waals surface area contributed by atoms with Crippen molar-refractivity contribution in [2.24, 2.45) is 0 Å². The van der Waals surface area contributed by atoms with E-state index >= 15 is 0 Å². The summed E-state index contributed by atoms with van der Waals surface area (Å²) < 4.78 is 0. The molecule has 0 radical (unpaired) electrons. The number of carbonyl (C=O) groups is 1.